The molecule has 3 rings (SSSR count). The number of hydrogen-bond acceptors (Lipinski definition) is 4. The Morgan fingerprint density at radius 1 is 1.18 bits per heavy atom. The molecule has 1 saturated heterocycles. The van der Waals surface area contributed by atoms with Crippen molar-refractivity contribution in [2.45, 2.75) is 50.7 Å². The van der Waals surface area contributed by atoms with Crippen LogP contribution in [0, 0.1) is 5.92 Å². The van der Waals surface area contributed by atoms with E-state index in [2.05, 4.69) is 34.9 Å². The number of likely N-dealkylation sites (N-methyl/N-ethyl adjacent to an activating group) is 1. The van der Waals surface area contributed by atoms with E-state index >= 15 is 0 Å². The summed E-state index contributed by atoms with van der Waals surface area (Å²) in [6.07, 6.45) is 4.16. The predicted octanol–water partition coefficient (Wildman–Crippen LogP) is 4.39. The van der Waals surface area contributed by atoms with E-state index in [9.17, 15) is 9.90 Å². The number of hydrogen-bond donors (Lipinski definition) is 3. The van der Waals surface area contributed by atoms with Crippen molar-refractivity contribution in [1.29, 1.82) is 0 Å². The number of methoxy groups -OCH3 is 1. The number of unbranched alkanes of at least 4 members (excludes halogenated alkanes) is 1. The van der Waals surface area contributed by atoms with Gasteiger partial charge >= 0.3 is 6.03 Å². The SMILES string of the molecule is CNCC(C)NC(=O)N1CCCC(C(O)(CCCCOC)c2ccccc2-c2ccccc2)C1. The smallest absolute Gasteiger partial charge is 0.317 e. The van der Waals surface area contributed by atoms with Gasteiger partial charge in [0.05, 0.1) is 5.60 Å². The summed E-state index contributed by atoms with van der Waals surface area (Å²) >= 11 is 0. The van der Waals surface area contributed by atoms with Crippen LogP contribution >= 0.6 is 0 Å². The molecular weight excluding hydrogens is 426 g/mol. The van der Waals surface area contributed by atoms with Crippen molar-refractivity contribution < 1.29 is 14.6 Å². The standard InChI is InChI=1S/C28H41N3O3/c1-22(20-29-2)30-27(32)31-18-11-14-24(21-31)28(33,17-9-10-19-34-3)26-16-8-7-15-25(26)23-12-5-4-6-13-23/h4-8,12-13,15-16,22,24,29,33H,9-11,14,17-21H2,1-3H3,(H,30,32). The summed E-state index contributed by atoms with van der Waals surface area (Å²) in [6.45, 7) is 4.66. The summed E-state index contributed by atoms with van der Waals surface area (Å²) in [7, 11) is 3.59. The van der Waals surface area contributed by atoms with Gasteiger partial charge < -0.3 is 25.4 Å². The molecule has 0 spiro atoms. The lowest BCUT2D eigenvalue weighted by molar-refractivity contribution is -0.0559. The van der Waals surface area contributed by atoms with Gasteiger partial charge in [0.1, 0.15) is 0 Å². The Labute approximate surface area is 204 Å². The van der Waals surface area contributed by atoms with Crippen LogP contribution in [0.4, 0.5) is 4.79 Å². The molecule has 2 aromatic rings. The quantitative estimate of drug-likeness (QED) is 0.429. The maximum atomic E-state index is 13.0. The first-order valence-corrected chi connectivity index (χ1v) is 12.6. The van der Waals surface area contributed by atoms with Crippen molar-refractivity contribution in [3.8, 4) is 11.1 Å². The van der Waals surface area contributed by atoms with Crippen LogP contribution in [0.5, 0.6) is 0 Å². The summed E-state index contributed by atoms with van der Waals surface area (Å²) in [5.41, 5.74) is 2.08. The molecule has 2 amide bonds. The van der Waals surface area contributed by atoms with Gasteiger partial charge in [0, 0.05) is 45.3 Å². The molecule has 0 aromatic heterocycles. The molecule has 3 N–H and O–H groups in total. The van der Waals surface area contributed by atoms with Crippen LogP contribution in [0.3, 0.4) is 0 Å². The van der Waals surface area contributed by atoms with Crippen LogP contribution in [-0.2, 0) is 10.3 Å². The van der Waals surface area contributed by atoms with Crippen LogP contribution < -0.4 is 10.6 Å². The zero-order valence-corrected chi connectivity index (χ0v) is 20.9. The fourth-order valence-electron chi connectivity index (χ4n) is 5.14. The average Bonchev–Trinajstić information content (AvgIpc) is 2.87. The second-order valence-corrected chi connectivity index (χ2v) is 9.48. The third-order valence-corrected chi connectivity index (χ3v) is 6.90. The number of amides is 2. The van der Waals surface area contributed by atoms with Crippen LogP contribution in [0.2, 0.25) is 0 Å². The lowest BCUT2D eigenvalue weighted by Crippen LogP contribution is -2.53. The Morgan fingerprint density at radius 3 is 2.65 bits per heavy atom. The van der Waals surface area contributed by atoms with Crippen molar-refractivity contribution in [3.63, 3.8) is 0 Å². The molecule has 6 heteroatoms. The van der Waals surface area contributed by atoms with Crippen molar-refractivity contribution in [2.24, 2.45) is 5.92 Å². The number of carbonyl (C=O) groups excluding carboxylic acids is 1. The predicted molar refractivity (Wildman–Crippen MR) is 138 cm³/mol. The molecule has 6 nitrogen and oxygen atoms in total. The van der Waals surface area contributed by atoms with E-state index in [-0.39, 0.29) is 18.0 Å². The Bertz CT molecular complexity index is 891. The van der Waals surface area contributed by atoms with Crippen LogP contribution in [0.25, 0.3) is 11.1 Å². The number of rotatable bonds is 11. The third kappa shape index (κ3) is 6.59. The number of piperidine rings is 1. The molecular formula is C28H41N3O3. The first-order valence-electron chi connectivity index (χ1n) is 12.6. The Balaban J connectivity index is 1.89. The molecule has 3 atom stereocenters. The fraction of sp³-hybridized carbons (Fsp3) is 0.536. The summed E-state index contributed by atoms with van der Waals surface area (Å²) in [5.74, 6) is -0.0426. The van der Waals surface area contributed by atoms with E-state index in [1.54, 1.807) is 7.11 Å². The maximum absolute atomic E-state index is 13.0. The number of carbonyl (C=O) groups is 1. The van der Waals surface area contributed by atoms with Gasteiger partial charge in [-0.1, -0.05) is 54.6 Å². The first-order chi connectivity index (χ1) is 16.5. The molecule has 1 aliphatic rings. The van der Waals surface area contributed by atoms with E-state index in [0.29, 0.717) is 26.1 Å². The number of aliphatic hydroxyl groups is 1. The largest absolute Gasteiger partial charge is 0.385 e. The van der Waals surface area contributed by atoms with Gasteiger partial charge in [0.25, 0.3) is 0 Å². The molecule has 2 aromatic carbocycles. The minimum absolute atomic E-state index is 0.0426. The van der Waals surface area contributed by atoms with E-state index in [1.807, 2.05) is 49.2 Å². The summed E-state index contributed by atoms with van der Waals surface area (Å²) < 4.78 is 5.26. The highest BCUT2D eigenvalue weighted by molar-refractivity contribution is 5.74. The molecule has 0 aliphatic carbocycles. The second-order valence-electron chi connectivity index (χ2n) is 9.48. The van der Waals surface area contributed by atoms with Crippen molar-refractivity contribution >= 4 is 6.03 Å². The Morgan fingerprint density at radius 2 is 1.91 bits per heavy atom. The summed E-state index contributed by atoms with van der Waals surface area (Å²) in [5, 5.41) is 18.6. The van der Waals surface area contributed by atoms with Crippen LogP contribution in [-0.4, -0.2) is 62.5 Å². The lowest BCUT2D eigenvalue weighted by Gasteiger charge is -2.43. The molecule has 0 saturated carbocycles. The molecule has 34 heavy (non-hydrogen) atoms. The second kappa shape index (κ2) is 12.9. The number of likely N-dealkylation sites (tertiary alicyclic amines) is 1. The van der Waals surface area contributed by atoms with E-state index in [1.165, 1.54) is 0 Å². The number of benzene rings is 2. The number of ether oxygens (including phenoxy) is 1. The van der Waals surface area contributed by atoms with Crippen molar-refractivity contribution in [2.75, 3.05) is 40.4 Å². The lowest BCUT2D eigenvalue weighted by atomic mass is 9.72. The van der Waals surface area contributed by atoms with Gasteiger partial charge in [0.15, 0.2) is 0 Å². The van der Waals surface area contributed by atoms with E-state index in [0.717, 1.165) is 48.9 Å². The molecule has 1 aliphatic heterocycles. The Hall–Kier alpha value is -2.41. The molecule has 186 valence electrons. The minimum atomic E-state index is -1.03. The maximum Gasteiger partial charge on any atom is 0.317 e. The highest BCUT2D eigenvalue weighted by atomic mass is 16.5. The zero-order chi connectivity index (χ0) is 24.4. The molecule has 1 heterocycles. The molecule has 3 unspecified atom stereocenters. The fourth-order valence-corrected chi connectivity index (χ4v) is 5.14. The number of urea groups is 1. The van der Waals surface area contributed by atoms with Crippen LogP contribution in [0.1, 0.15) is 44.6 Å². The minimum Gasteiger partial charge on any atom is -0.385 e. The topological polar surface area (TPSA) is 73.8 Å². The Kier molecular flexibility index (Phi) is 9.93. The van der Waals surface area contributed by atoms with Crippen molar-refractivity contribution in [3.05, 3.63) is 60.2 Å². The van der Waals surface area contributed by atoms with E-state index < -0.39 is 5.60 Å². The third-order valence-electron chi connectivity index (χ3n) is 6.90. The van der Waals surface area contributed by atoms with E-state index in [4.69, 9.17) is 4.74 Å². The van der Waals surface area contributed by atoms with Gasteiger partial charge in [-0.3, -0.25) is 0 Å². The van der Waals surface area contributed by atoms with Gasteiger partial charge in [-0.05, 0) is 62.8 Å². The zero-order valence-electron chi connectivity index (χ0n) is 20.9. The normalized spacial score (nSPS) is 18.8. The van der Waals surface area contributed by atoms with Crippen LogP contribution in [0.15, 0.2) is 54.6 Å². The van der Waals surface area contributed by atoms with Gasteiger partial charge in [-0.2, -0.15) is 0 Å². The van der Waals surface area contributed by atoms with Gasteiger partial charge in [0.2, 0.25) is 0 Å². The highest BCUT2D eigenvalue weighted by Crippen LogP contribution is 2.43. The van der Waals surface area contributed by atoms with Crippen molar-refractivity contribution in [1.82, 2.24) is 15.5 Å². The molecule has 1 fully saturated rings. The number of nitrogens with one attached hydrogen (secondary N) is 2. The highest BCUT2D eigenvalue weighted by Gasteiger charge is 2.42. The molecule has 0 radical (unpaired) electrons. The van der Waals surface area contributed by atoms with Gasteiger partial charge in [-0.25, -0.2) is 4.79 Å². The monoisotopic (exact) mass is 467 g/mol. The first kappa shape index (κ1) is 26.2. The number of nitrogens with zero attached hydrogens (tertiary/aromatic N) is 1. The average molecular weight is 468 g/mol. The molecule has 0 bridgehead atoms. The summed E-state index contributed by atoms with van der Waals surface area (Å²) in [4.78, 5) is 14.8. The van der Waals surface area contributed by atoms with Gasteiger partial charge in [-0.15, -0.1) is 0 Å². The summed E-state index contributed by atoms with van der Waals surface area (Å²) in [6, 6.07) is 18.4.